The lowest BCUT2D eigenvalue weighted by Gasteiger charge is -2.22. The Morgan fingerprint density at radius 2 is 1.80 bits per heavy atom. The van der Waals surface area contributed by atoms with Gasteiger partial charge in [0.2, 0.25) is 0 Å². The van der Waals surface area contributed by atoms with Crippen molar-refractivity contribution in [2.75, 3.05) is 20.2 Å². The monoisotopic (exact) mass is 274 g/mol. The summed E-state index contributed by atoms with van der Waals surface area (Å²) in [6.07, 6.45) is 5.71. The minimum absolute atomic E-state index is 0.544. The van der Waals surface area contributed by atoms with E-state index >= 15 is 0 Å². The average molecular weight is 274 g/mol. The Kier molecular flexibility index (Phi) is 4.27. The van der Waals surface area contributed by atoms with Crippen LogP contribution in [0.4, 0.5) is 0 Å². The summed E-state index contributed by atoms with van der Waals surface area (Å²) < 4.78 is 5.35. The molecule has 3 rings (SSSR count). The topological polar surface area (TPSA) is 38.5 Å². The normalized spacial score (nSPS) is 18.6. The van der Waals surface area contributed by atoms with Crippen LogP contribution in [0.2, 0.25) is 0 Å². The molecule has 0 amide bonds. The second-order valence-electron chi connectivity index (χ2n) is 6.43. The third-order valence-corrected chi connectivity index (χ3v) is 4.40. The molecule has 0 heterocycles. The summed E-state index contributed by atoms with van der Waals surface area (Å²) >= 11 is 0. The molecule has 110 valence electrons. The Bertz CT molecular complexity index is 438. The number of methoxy groups -OCH3 is 1. The maximum Gasteiger partial charge on any atom is 0.123 e. The van der Waals surface area contributed by atoms with Crippen LogP contribution in [0.3, 0.4) is 0 Å². The number of nitrogens with two attached hydrogens (primary N) is 1. The quantitative estimate of drug-likeness (QED) is 0.792. The van der Waals surface area contributed by atoms with Gasteiger partial charge in [0.1, 0.15) is 5.75 Å². The highest BCUT2D eigenvalue weighted by Crippen LogP contribution is 2.34. The minimum Gasteiger partial charge on any atom is -0.496 e. The van der Waals surface area contributed by atoms with Crippen LogP contribution in [0, 0.1) is 11.8 Å². The van der Waals surface area contributed by atoms with Crippen LogP contribution >= 0.6 is 0 Å². The van der Waals surface area contributed by atoms with Gasteiger partial charge < -0.3 is 10.5 Å². The van der Waals surface area contributed by atoms with E-state index in [1.54, 1.807) is 7.11 Å². The SMILES string of the molecule is COc1ccc(CN(CC2CC2)CC2CC2)cc1CN. The molecule has 0 aliphatic heterocycles. The zero-order valence-electron chi connectivity index (χ0n) is 12.5. The molecule has 1 aromatic rings. The molecule has 0 aromatic heterocycles. The molecule has 2 fully saturated rings. The van der Waals surface area contributed by atoms with Crippen molar-refractivity contribution < 1.29 is 4.74 Å². The van der Waals surface area contributed by atoms with Crippen molar-refractivity contribution in [3.05, 3.63) is 29.3 Å². The van der Waals surface area contributed by atoms with Gasteiger partial charge in [-0.1, -0.05) is 6.07 Å². The number of hydrogen-bond donors (Lipinski definition) is 1. The summed E-state index contributed by atoms with van der Waals surface area (Å²) in [4.78, 5) is 2.65. The summed E-state index contributed by atoms with van der Waals surface area (Å²) in [6.45, 7) is 4.16. The van der Waals surface area contributed by atoms with E-state index < -0.39 is 0 Å². The Labute approximate surface area is 122 Å². The molecule has 0 atom stereocenters. The lowest BCUT2D eigenvalue weighted by Crippen LogP contribution is -2.28. The van der Waals surface area contributed by atoms with Crippen molar-refractivity contribution in [3.63, 3.8) is 0 Å². The maximum atomic E-state index is 5.81. The molecule has 0 saturated heterocycles. The van der Waals surface area contributed by atoms with Gasteiger partial charge >= 0.3 is 0 Å². The summed E-state index contributed by atoms with van der Waals surface area (Å²) in [6, 6.07) is 6.46. The predicted molar refractivity (Wildman–Crippen MR) is 81.6 cm³/mol. The molecule has 0 unspecified atom stereocenters. The van der Waals surface area contributed by atoms with Crippen LogP contribution in [-0.2, 0) is 13.1 Å². The van der Waals surface area contributed by atoms with Gasteiger partial charge in [0.15, 0.2) is 0 Å². The summed E-state index contributed by atoms with van der Waals surface area (Å²) in [5.74, 6) is 2.83. The molecule has 0 spiro atoms. The van der Waals surface area contributed by atoms with Crippen molar-refractivity contribution in [1.29, 1.82) is 0 Å². The van der Waals surface area contributed by atoms with Crippen molar-refractivity contribution in [3.8, 4) is 5.75 Å². The molecule has 0 radical (unpaired) electrons. The van der Waals surface area contributed by atoms with Crippen molar-refractivity contribution in [1.82, 2.24) is 4.90 Å². The first kappa shape index (κ1) is 13.9. The molecule has 3 heteroatoms. The molecule has 2 aliphatic rings. The molecule has 0 bridgehead atoms. The van der Waals surface area contributed by atoms with E-state index in [4.69, 9.17) is 10.5 Å². The number of nitrogens with zero attached hydrogens (tertiary/aromatic N) is 1. The Hall–Kier alpha value is -1.06. The molecule has 3 nitrogen and oxygen atoms in total. The fraction of sp³-hybridized carbons (Fsp3) is 0.647. The van der Waals surface area contributed by atoms with Crippen molar-refractivity contribution >= 4 is 0 Å². The van der Waals surface area contributed by atoms with E-state index in [0.717, 1.165) is 29.7 Å². The molecular formula is C17H26N2O. The third kappa shape index (κ3) is 3.74. The third-order valence-electron chi connectivity index (χ3n) is 4.40. The minimum atomic E-state index is 0.544. The molecular weight excluding hydrogens is 248 g/mol. The highest BCUT2D eigenvalue weighted by atomic mass is 16.5. The number of benzene rings is 1. The lowest BCUT2D eigenvalue weighted by molar-refractivity contribution is 0.244. The van der Waals surface area contributed by atoms with Gasteiger partial charge in [-0.3, -0.25) is 4.90 Å². The fourth-order valence-corrected chi connectivity index (χ4v) is 2.88. The summed E-state index contributed by atoms with van der Waals surface area (Å²) in [5.41, 5.74) is 8.30. The largest absolute Gasteiger partial charge is 0.496 e. The second kappa shape index (κ2) is 6.15. The first-order valence-electron chi connectivity index (χ1n) is 7.86. The molecule has 1 aromatic carbocycles. The van der Waals surface area contributed by atoms with E-state index in [1.165, 1.54) is 44.3 Å². The van der Waals surface area contributed by atoms with E-state index in [1.807, 2.05) is 0 Å². The fourth-order valence-electron chi connectivity index (χ4n) is 2.88. The summed E-state index contributed by atoms with van der Waals surface area (Å²) in [7, 11) is 1.71. The smallest absolute Gasteiger partial charge is 0.123 e. The van der Waals surface area contributed by atoms with Gasteiger partial charge in [-0.15, -0.1) is 0 Å². The Morgan fingerprint density at radius 1 is 1.15 bits per heavy atom. The zero-order valence-corrected chi connectivity index (χ0v) is 12.5. The van der Waals surface area contributed by atoms with Gasteiger partial charge in [-0.05, 0) is 55.2 Å². The highest BCUT2D eigenvalue weighted by Gasteiger charge is 2.29. The first-order chi connectivity index (χ1) is 9.78. The van der Waals surface area contributed by atoms with E-state index in [2.05, 4.69) is 23.1 Å². The van der Waals surface area contributed by atoms with Gasteiger partial charge in [0.25, 0.3) is 0 Å². The van der Waals surface area contributed by atoms with Gasteiger partial charge in [0.05, 0.1) is 7.11 Å². The van der Waals surface area contributed by atoms with Crippen molar-refractivity contribution in [2.24, 2.45) is 17.6 Å². The van der Waals surface area contributed by atoms with Crippen LogP contribution < -0.4 is 10.5 Å². The van der Waals surface area contributed by atoms with E-state index in [9.17, 15) is 0 Å². The van der Waals surface area contributed by atoms with Gasteiger partial charge in [-0.25, -0.2) is 0 Å². The maximum absolute atomic E-state index is 5.81. The van der Waals surface area contributed by atoms with Crippen LogP contribution in [0.15, 0.2) is 18.2 Å². The van der Waals surface area contributed by atoms with Crippen molar-refractivity contribution in [2.45, 2.75) is 38.8 Å². The van der Waals surface area contributed by atoms with Crippen LogP contribution in [0.25, 0.3) is 0 Å². The molecule has 2 aliphatic carbocycles. The number of hydrogen-bond acceptors (Lipinski definition) is 3. The van der Waals surface area contributed by atoms with Crippen LogP contribution in [-0.4, -0.2) is 25.1 Å². The number of ether oxygens (including phenoxy) is 1. The lowest BCUT2D eigenvalue weighted by atomic mass is 10.1. The van der Waals surface area contributed by atoms with Crippen LogP contribution in [0.1, 0.15) is 36.8 Å². The average Bonchev–Trinajstić information content (AvgIpc) is 3.35. The highest BCUT2D eigenvalue weighted by molar-refractivity contribution is 5.37. The van der Waals surface area contributed by atoms with E-state index in [-0.39, 0.29) is 0 Å². The Morgan fingerprint density at radius 3 is 2.30 bits per heavy atom. The molecule has 20 heavy (non-hydrogen) atoms. The van der Waals surface area contributed by atoms with Gasteiger partial charge in [-0.2, -0.15) is 0 Å². The second-order valence-corrected chi connectivity index (χ2v) is 6.43. The number of rotatable bonds is 8. The zero-order chi connectivity index (χ0) is 13.9. The molecule has 2 saturated carbocycles. The van der Waals surface area contributed by atoms with Crippen LogP contribution in [0.5, 0.6) is 5.75 Å². The first-order valence-corrected chi connectivity index (χ1v) is 7.86. The standard InChI is InChI=1S/C17H26N2O/c1-20-17-7-6-15(8-16(17)9-18)12-19(10-13-2-3-13)11-14-4-5-14/h6-8,13-14H,2-5,9-12,18H2,1H3. The van der Waals surface area contributed by atoms with E-state index in [0.29, 0.717) is 6.54 Å². The molecule has 2 N–H and O–H groups in total. The predicted octanol–water partition coefficient (Wildman–Crippen LogP) is 2.78. The van der Waals surface area contributed by atoms with Gasteiger partial charge in [0, 0.05) is 31.7 Å². The Balaban J connectivity index is 1.66. The summed E-state index contributed by atoms with van der Waals surface area (Å²) in [5, 5.41) is 0.